The third-order valence-electron chi connectivity index (χ3n) is 3.14. The molecule has 0 saturated carbocycles. The van der Waals surface area contributed by atoms with Gasteiger partial charge in [0.2, 0.25) is 10.0 Å². The van der Waals surface area contributed by atoms with Gasteiger partial charge in [-0.3, -0.25) is 4.79 Å². The summed E-state index contributed by atoms with van der Waals surface area (Å²) in [5.41, 5.74) is 0. The van der Waals surface area contributed by atoms with Crippen molar-refractivity contribution in [1.29, 1.82) is 0 Å². The van der Waals surface area contributed by atoms with Gasteiger partial charge in [-0.2, -0.15) is 0 Å². The van der Waals surface area contributed by atoms with Crippen LogP contribution >= 0.6 is 12.4 Å². The normalized spacial score (nSPS) is 19.1. The fraction of sp³-hybridized carbons (Fsp3) is 0.583. The number of piperazine rings is 1. The van der Waals surface area contributed by atoms with E-state index in [1.807, 2.05) is 6.92 Å². The standard InChI is InChI=1S/C12H19N3O4S.ClH/c1-9-7-13-5-6-15(9)12(16)11-4-3-10(19-11)8-14-20(2,17)18;/h3-4,9,13-14H,5-8H2,1-2H3;1H/t9-;/m1./s1. The van der Waals surface area contributed by atoms with Crippen molar-refractivity contribution in [2.45, 2.75) is 19.5 Å². The van der Waals surface area contributed by atoms with Crippen LogP contribution in [0.25, 0.3) is 0 Å². The highest BCUT2D eigenvalue weighted by atomic mass is 35.5. The summed E-state index contributed by atoms with van der Waals surface area (Å²) in [4.78, 5) is 14.0. The number of carbonyl (C=O) groups excluding carboxylic acids is 1. The first kappa shape index (κ1) is 18.0. The lowest BCUT2D eigenvalue weighted by Crippen LogP contribution is -2.52. The van der Waals surface area contributed by atoms with E-state index in [1.165, 1.54) is 0 Å². The van der Waals surface area contributed by atoms with Crippen LogP contribution in [-0.2, 0) is 16.6 Å². The van der Waals surface area contributed by atoms with E-state index >= 15 is 0 Å². The zero-order valence-corrected chi connectivity index (χ0v) is 13.6. The average Bonchev–Trinajstić information content (AvgIpc) is 2.84. The summed E-state index contributed by atoms with van der Waals surface area (Å²) in [6.45, 7) is 4.17. The van der Waals surface area contributed by atoms with E-state index in [2.05, 4.69) is 10.0 Å². The van der Waals surface area contributed by atoms with Crippen molar-refractivity contribution in [3.63, 3.8) is 0 Å². The Labute approximate surface area is 130 Å². The molecule has 2 rings (SSSR count). The van der Waals surface area contributed by atoms with E-state index in [-0.39, 0.29) is 36.7 Å². The molecule has 1 aromatic rings. The van der Waals surface area contributed by atoms with Crippen LogP contribution in [0.15, 0.2) is 16.5 Å². The minimum atomic E-state index is -3.28. The molecular formula is C12H20ClN3O4S. The van der Waals surface area contributed by atoms with Crippen molar-refractivity contribution in [1.82, 2.24) is 14.9 Å². The first-order valence-corrected chi connectivity index (χ1v) is 8.31. The number of nitrogens with zero attached hydrogens (tertiary/aromatic N) is 1. The van der Waals surface area contributed by atoms with Crippen LogP contribution in [0, 0.1) is 0 Å². The molecule has 1 fully saturated rings. The lowest BCUT2D eigenvalue weighted by molar-refractivity contribution is 0.0621. The van der Waals surface area contributed by atoms with Crippen LogP contribution in [0.1, 0.15) is 23.2 Å². The number of furan rings is 1. The fourth-order valence-electron chi connectivity index (χ4n) is 2.07. The number of hydrogen-bond acceptors (Lipinski definition) is 5. The van der Waals surface area contributed by atoms with Gasteiger partial charge in [-0.05, 0) is 19.1 Å². The van der Waals surface area contributed by atoms with Gasteiger partial charge in [0, 0.05) is 25.7 Å². The second kappa shape index (κ2) is 7.26. The molecule has 1 aliphatic rings. The number of halogens is 1. The predicted molar refractivity (Wildman–Crippen MR) is 81.0 cm³/mol. The molecule has 120 valence electrons. The van der Waals surface area contributed by atoms with Gasteiger partial charge < -0.3 is 14.6 Å². The van der Waals surface area contributed by atoms with Crippen molar-refractivity contribution >= 4 is 28.3 Å². The van der Waals surface area contributed by atoms with Gasteiger partial charge in [0.25, 0.3) is 5.91 Å². The number of sulfonamides is 1. The maximum atomic E-state index is 12.3. The molecule has 0 spiro atoms. The van der Waals surface area contributed by atoms with E-state index in [4.69, 9.17) is 4.42 Å². The molecule has 1 aliphatic heterocycles. The zero-order valence-electron chi connectivity index (χ0n) is 12.0. The van der Waals surface area contributed by atoms with E-state index in [0.717, 1.165) is 19.3 Å². The largest absolute Gasteiger partial charge is 0.455 e. The number of hydrogen-bond donors (Lipinski definition) is 2. The Bertz CT molecular complexity index is 587. The van der Waals surface area contributed by atoms with Crippen LogP contribution in [0.5, 0.6) is 0 Å². The third kappa shape index (κ3) is 4.99. The average molecular weight is 338 g/mol. The van der Waals surface area contributed by atoms with Crippen molar-refractivity contribution in [3.8, 4) is 0 Å². The summed E-state index contributed by atoms with van der Waals surface area (Å²) < 4.78 is 29.7. The first-order chi connectivity index (χ1) is 9.37. The molecule has 0 bridgehead atoms. The summed E-state index contributed by atoms with van der Waals surface area (Å²) in [5.74, 6) is 0.496. The van der Waals surface area contributed by atoms with Crippen molar-refractivity contribution < 1.29 is 17.6 Å². The molecule has 2 heterocycles. The molecule has 1 atom stereocenters. The van der Waals surface area contributed by atoms with Gasteiger partial charge in [-0.25, -0.2) is 13.1 Å². The number of carbonyl (C=O) groups is 1. The van der Waals surface area contributed by atoms with Crippen LogP contribution in [-0.4, -0.2) is 51.2 Å². The Morgan fingerprint density at radius 3 is 2.86 bits per heavy atom. The van der Waals surface area contributed by atoms with Gasteiger partial charge in [0.1, 0.15) is 5.76 Å². The molecule has 21 heavy (non-hydrogen) atoms. The van der Waals surface area contributed by atoms with Crippen molar-refractivity contribution in [2.24, 2.45) is 0 Å². The molecule has 1 amide bonds. The predicted octanol–water partition coefficient (Wildman–Crippen LogP) is 0.184. The number of amides is 1. The van der Waals surface area contributed by atoms with E-state index in [9.17, 15) is 13.2 Å². The van der Waals surface area contributed by atoms with E-state index in [1.54, 1.807) is 17.0 Å². The number of nitrogens with one attached hydrogen (secondary N) is 2. The molecule has 1 aromatic heterocycles. The van der Waals surface area contributed by atoms with Crippen LogP contribution in [0.3, 0.4) is 0 Å². The fourth-order valence-corrected chi connectivity index (χ4v) is 2.48. The first-order valence-electron chi connectivity index (χ1n) is 6.42. The molecule has 1 saturated heterocycles. The Morgan fingerprint density at radius 1 is 1.52 bits per heavy atom. The van der Waals surface area contributed by atoms with Gasteiger partial charge in [-0.15, -0.1) is 12.4 Å². The van der Waals surface area contributed by atoms with E-state index < -0.39 is 10.0 Å². The Morgan fingerprint density at radius 2 is 2.24 bits per heavy atom. The minimum Gasteiger partial charge on any atom is -0.455 e. The quantitative estimate of drug-likeness (QED) is 0.818. The lowest BCUT2D eigenvalue weighted by Gasteiger charge is -2.33. The highest BCUT2D eigenvalue weighted by molar-refractivity contribution is 7.88. The highest BCUT2D eigenvalue weighted by Crippen LogP contribution is 2.14. The monoisotopic (exact) mass is 337 g/mol. The molecule has 9 heteroatoms. The highest BCUT2D eigenvalue weighted by Gasteiger charge is 2.26. The maximum Gasteiger partial charge on any atom is 0.289 e. The van der Waals surface area contributed by atoms with Crippen molar-refractivity contribution in [2.75, 3.05) is 25.9 Å². The Balaban J connectivity index is 0.00000220. The molecule has 0 unspecified atom stereocenters. The molecule has 2 N–H and O–H groups in total. The molecular weight excluding hydrogens is 318 g/mol. The Kier molecular flexibility index (Phi) is 6.21. The van der Waals surface area contributed by atoms with Gasteiger partial charge in [-0.1, -0.05) is 0 Å². The second-order valence-corrected chi connectivity index (χ2v) is 6.74. The minimum absolute atomic E-state index is 0. The third-order valence-corrected chi connectivity index (χ3v) is 3.81. The van der Waals surface area contributed by atoms with Gasteiger partial charge in [0.15, 0.2) is 5.76 Å². The second-order valence-electron chi connectivity index (χ2n) is 4.91. The molecule has 0 aromatic carbocycles. The smallest absolute Gasteiger partial charge is 0.289 e. The van der Waals surface area contributed by atoms with Crippen LogP contribution < -0.4 is 10.0 Å². The van der Waals surface area contributed by atoms with Crippen LogP contribution in [0.4, 0.5) is 0 Å². The topological polar surface area (TPSA) is 91.7 Å². The van der Waals surface area contributed by atoms with Crippen molar-refractivity contribution in [3.05, 3.63) is 23.7 Å². The summed E-state index contributed by atoms with van der Waals surface area (Å²) in [6, 6.07) is 3.30. The Hall–Kier alpha value is -1.09. The summed E-state index contributed by atoms with van der Waals surface area (Å²) in [5, 5.41) is 3.21. The molecule has 0 aliphatic carbocycles. The zero-order chi connectivity index (χ0) is 14.8. The van der Waals surface area contributed by atoms with Gasteiger partial charge in [0.05, 0.1) is 12.8 Å². The maximum absolute atomic E-state index is 12.3. The van der Waals surface area contributed by atoms with E-state index in [0.29, 0.717) is 12.3 Å². The summed E-state index contributed by atoms with van der Waals surface area (Å²) in [7, 11) is -3.28. The summed E-state index contributed by atoms with van der Waals surface area (Å²) >= 11 is 0. The molecule has 0 radical (unpaired) electrons. The number of rotatable bonds is 4. The van der Waals surface area contributed by atoms with Crippen LogP contribution in [0.2, 0.25) is 0 Å². The summed E-state index contributed by atoms with van der Waals surface area (Å²) in [6.07, 6.45) is 1.07. The lowest BCUT2D eigenvalue weighted by atomic mass is 10.2. The SMILES string of the molecule is C[C@@H]1CNCCN1C(=O)c1ccc(CNS(C)(=O)=O)o1.Cl. The van der Waals surface area contributed by atoms with Gasteiger partial charge >= 0.3 is 0 Å². The molecule has 7 nitrogen and oxygen atoms in total.